The number of aromatic nitrogens is 2. The number of amides is 1. The van der Waals surface area contributed by atoms with Crippen LogP contribution < -0.4 is 16.2 Å². The van der Waals surface area contributed by atoms with Gasteiger partial charge in [-0.1, -0.05) is 18.6 Å². The number of fused-ring (bicyclic) bond motifs is 2. The Labute approximate surface area is 135 Å². The number of imidazole rings is 1. The first-order valence-corrected chi connectivity index (χ1v) is 8.46. The summed E-state index contributed by atoms with van der Waals surface area (Å²) in [6, 6.07) is 8.06. The first kappa shape index (κ1) is 14.7. The first-order chi connectivity index (χ1) is 11.2. The van der Waals surface area contributed by atoms with Gasteiger partial charge in [-0.2, -0.15) is 0 Å². The molecule has 0 bridgehead atoms. The van der Waals surface area contributed by atoms with Crippen molar-refractivity contribution in [1.29, 1.82) is 0 Å². The average molecular weight is 313 g/mol. The summed E-state index contributed by atoms with van der Waals surface area (Å²) in [5.41, 5.74) is 8.43. The fourth-order valence-electron chi connectivity index (χ4n) is 3.90. The first-order valence-electron chi connectivity index (χ1n) is 8.46. The Balaban J connectivity index is 1.47. The van der Waals surface area contributed by atoms with Gasteiger partial charge in [0.05, 0.1) is 23.0 Å². The molecule has 23 heavy (non-hydrogen) atoms. The summed E-state index contributed by atoms with van der Waals surface area (Å²) in [5, 5.41) is 3.14. The van der Waals surface area contributed by atoms with E-state index in [2.05, 4.69) is 26.1 Å². The molecule has 4 atom stereocenters. The Morgan fingerprint density at radius 2 is 2.22 bits per heavy atom. The highest BCUT2D eigenvalue weighted by atomic mass is 16.2. The minimum atomic E-state index is -0.121. The van der Waals surface area contributed by atoms with Gasteiger partial charge in [0.2, 0.25) is 5.91 Å². The van der Waals surface area contributed by atoms with Crippen molar-refractivity contribution >= 4 is 16.9 Å². The van der Waals surface area contributed by atoms with Crippen molar-refractivity contribution < 1.29 is 4.79 Å². The van der Waals surface area contributed by atoms with Crippen LogP contribution in [0.1, 0.15) is 38.1 Å². The fraction of sp³-hybridized carbons (Fsp3) is 0.529. The van der Waals surface area contributed by atoms with E-state index in [0.717, 1.165) is 36.2 Å². The molecular formula is C17H23N5O. The summed E-state index contributed by atoms with van der Waals surface area (Å²) in [6.45, 7) is 2.95. The third-order valence-corrected chi connectivity index (χ3v) is 5.18. The van der Waals surface area contributed by atoms with E-state index in [4.69, 9.17) is 0 Å². The van der Waals surface area contributed by atoms with Crippen LogP contribution in [0.4, 0.5) is 0 Å². The molecule has 0 spiro atoms. The van der Waals surface area contributed by atoms with E-state index in [0.29, 0.717) is 5.92 Å². The van der Waals surface area contributed by atoms with Gasteiger partial charge in [-0.3, -0.25) is 15.6 Å². The number of H-pyrrole nitrogens is 1. The van der Waals surface area contributed by atoms with E-state index in [-0.39, 0.29) is 23.9 Å². The van der Waals surface area contributed by atoms with Gasteiger partial charge in [0.15, 0.2) is 0 Å². The number of nitrogens with zero attached hydrogens (tertiary/aromatic N) is 1. The third-order valence-electron chi connectivity index (χ3n) is 5.18. The lowest BCUT2D eigenvalue weighted by Gasteiger charge is -2.32. The van der Waals surface area contributed by atoms with E-state index >= 15 is 0 Å². The van der Waals surface area contributed by atoms with Crippen molar-refractivity contribution in [3.05, 3.63) is 30.1 Å². The highest BCUT2D eigenvalue weighted by Gasteiger charge is 2.40. The highest BCUT2D eigenvalue weighted by Crippen LogP contribution is 2.31. The van der Waals surface area contributed by atoms with Crippen molar-refractivity contribution in [2.75, 3.05) is 6.54 Å². The molecule has 4 rings (SSSR count). The number of hydrazine groups is 1. The van der Waals surface area contributed by atoms with Crippen LogP contribution in [0, 0.1) is 11.8 Å². The monoisotopic (exact) mass is 313 g/mol. The average Bonchev–Trinajstić information content (AvgIpc) is 3.20. The third kappa shape index (κ3) is 2.72. The molecule has 1 aliphatic heterocycles. The molecule has 2 aliphatic rings. The van der Waals surface area contributed by atoms with Gasteiger partial charge >= 0.3 is 0 Å². The minimum Gasteiger partial charge on any atom is -0.346 e. The van der Waals surface area contributed by atoms with Crippen molar-refractivity contribution in [2.24, 2.45) is 11.8 Å². The quantitative estimate of drug-likeness (QED) is 0.694. The highest BCUT2D eigenvalue weighted by molar-refractivity contribution is 5.80. The van der Waals surface area contributed by atoms with Crippen molar-refractivity contribution in [1.82, 2.24) is 26.1 Å². The lowest BCUT2D eigenvalue weighted by molar-refractivity contribution is -0.127. The SMILES string of the molecule is CC(NC(=O)C1CCCC2CNNC21)c1nc2ccccc2[nH]1. The van der Waals surface area contributed by atoms with Crippen molar-refractivity contribution in [3.63, 3.8) is 0 Å². The van der Waals surface area contributed by atoms with E-state index in [1.54, 1.807) is 0 Å². The smallest absolute Gasteiger partial charge is 0.225 e. The number of aromatic amines is 1. The topological polar surface area (TPSA) is 81.8 Å². The summed E-state index contributed by atoms with van der Waals surface area (Å²) in [6.07, 6.45) is 3.28. The minimum absolute atomic E-state index is 0.0376. The lowest BCUT2D eigenvalue weighted by Crippen LogP contribution is -2.48. The number of nitrogens with one attached hydrogen (secondary N) is 4. The predicted octanol–water partition coefficient (Wildman–Crippen LogP) is 1.63. The lowest BCUT2D eigenvalue weighted by atomic mass is 9.77. The van der Waals surface area contributed by atoms with E-state index < -0.39 is 0 Å². The standard InChI is InChI=1S/C17H23N5O/c1-10(16-20-13-7-2-3-8-14(13)21-16)19-17(23)12-6-4-5-11-9-18-22-15(11)12/h2-3,7-8,10-12,15,18,22H,4-6,9H2,1H3,(H,19,23)(H,20,21). The molecule has 1 saturated carbocycles. The summed E-state index contributed by atoms with van der Waals surface area (Å²) in [7, 11) is 0. The molecule has 2 heterocycles. The molecule has 4 unspecified atom stereocenters. The Kier molecular flexibility index (Phi) is 3.79. The zero-order valence-corrected chi connectivity index (χ0v) is 13.3. The molecule has 1 aromatic carbocycles. The molecule has 0 radical (unpaired) electrons. The van der Waals surface area contributed by atoms with E-state index in [1.165, 1.54) is 6.42 Å². The van der Waals surface area contributed by atoms with Crippen LogP contribution in [-0.2, 0) is 4.79 Å². The molecule has 4 N–H and O–H groups in total. The Morgan fingerprint density at radius 3 is 3.09 bits per heavy atom. The molecule has 1 aromatic heterocycles. The van der Waals surface area contributed by atoms with Crippen LogP contribution in [0.5, 0.6) is 0 Å². The number of rotatable bonds is 3. The maximum absolute atomic E-state index is 12.7. The van der Waals surface area contributed by atoms with Crippen LogP contribution in [0.15, 0.2) is 24.3 Å². The molecule has 1 saturated heterocycles. The second-order valence-corrected chi connectivity index (χ2v) is 6.72. The number of benzene rings is 1. The molecular weight excluding hydrogens is 290 g/mol. The van der Waals surface area contributed by atoms with Crippen molar-refractivity contribution in [2.45, 2.75) is 38.3 Å². The zero-order valence-electron chi connectivity index (χ0n) is 13.3. The molecule has 2 fully saturated rings. The summed E-state index contributed by atoms with van der Waals surface area (Å²) in [5.74, 6) is 1.55. The molecule has 1 aliphatic carbocycles. The molecule has 6 nitrogen and oxygen atoms in total. The van der Waals surface area contributed by atoms with Crippen LogP contribution in [0.25, 0.3) is 11.0 Å². The number of para-hydroxylation sites is 2. The summed E-state index contributed by atoms with van der Waals surface area (Å²) < 4.78 is 0. The maximum Gasteiger partial charge on any atom is 0.225 e. The van der Waals surface area contributed by atoms with Gasteiger partial charge < -0.3 is 10.3 Å². The van der Waals surface area contributed by atoms with Crippen LogP contribution in [0.2, 0.25) is 0 Å². The Hall–Kier alpha value is -1.92. The molecule has 6 heteroatoms. The summed E-state index contributed by atoms with van der Waals surface area (Å²) >= 11 is 0. The Morgan fingerprint density at radius 1 is 1.35 bits per heavy atom. The number of hydrogen-bond acceptors (Lipinski definition) is 4. The van der Waals surface area contributed by atoms with E-state index in [9.17, 15) is 4.79 Å². The van der Waals surface area contributed by atoms with Crippen LogP contribution >= 0.6 is 0 Å². The van der Waals surface area contributed by atoms with Gasteiger partial charge in [0.1, 0.15) is 5.82 Å². The number of hydrogen-bond donors (Lipinski definition) is 4. The fourth-order valence-corrected chi connectivity index (χ4v) is 3.90. The largest absolute Gasteiger partial charge is 0.346 e. The predicted molar refractivity (Wildman–Crippen MR) is 88.4 cm³/mol. The maximum atomic E-state index is 12.7. The molecule has 1 amide bonds. The van der Waals surface area contributed by atoms with E-state index in [1.807, 2.05) is 31.2 Å². The number of carbonyl (C=O) groups is 1. The second kappa shape index (κ2) is 5.94. The summed E-state index contributed by atoms with van der Waals surface area (Å²) in [4.78, 5) is 20.6. The van der Waals surface area contributed by atoms with Crippen LogP contribution in [-0.4, -0.2) is 28.5 Å². The Bertz CT molecular complexity index is 679. The van der Waals surface area contributed by atoms with Crippen molar-refractivity contribution in [3.8, 4) is 0 Å². The van der Waals surface area contributed by atoms with Gasteiger partial charge in [0.25, 0.3) is 0 Å². The normalized spacial score (nSPS) is 28.5. The van der Waals surface area contributed by atoms with Gasteiger partial charge in [0, 0.05) is 12.6 Å². The molecule has 122 valence electrons. The number of carbonyl (C=O) groups excluding carboxylic acids is 1. The van der Waals surface area contributed by atoms with Crippen LogP contribution in [0.3, 0.4) is 0 Å². The zero-order chi connectivity index (χ0) is 15.8. The molecule has 2 aromatic rings. The van der Waals surface area contributed by atoms with Gasteiger partial charge in [-0.05, 0) is 37.8 Å². The second-order valence-electron chi connectivity index (χ2n) is 6.72. The van der Waals surface area contributed by atoms with Gasteiger partial charge in [-0.15, -0.1) is 0 Å². The van der Waals surface area contributed by atoms with Gasteiger partial charge in [-0.25, -0.2) is 4.98 Å².